The van der Waals surface area contributed by atoms with Crippen LogP contribution in [0.25, 0.3) is 0 Å². The van der Waals surface area contributed by atoms with E-state index in [4.69, 9.17) is 15.2 Å². The van der Waals surface area contributed by atoms with Gasteiger partial charge in [-0.2, -0.15) is 0 Å². The zero-order chi connectivity index (χ0) is 16.1. The van der Waals surface area contributed by atoms with E-state index in [0.717, 1.165) is 29.9 Å². The number of nitrogens with two attached hydrogens (primary N) is 1. The summed E-state index contributed by atoms with van der Waals surface area (Å²) in [5, 5.41) is 0. The fraction of sp³-hybridized carbons (Fsp3) is 0.400. The molecule has 23 heavy (non-hydrogen) atoms. The predicted molar refractivity (Wildman–Crippen MR) is 93.0 cm³/mol. The Morgan fingerprint density at radius 3 is 2.39 bits per heavy atom. The van der Waals surface area contributed by atoms with E-state index >= 15 is 0 Å². The van der Waals surface area contributed by atoms with E-state index in [2.05, 4.69) is 18.2 Å². The Hall–Kier alpha value is -2.00. The van der Waals surface area contributed by atoms with Gasteiger partial charge in [-0.25, -0.2) is 0 Å². The van der Waals surface area contributed by atoms with Crippen molar-refractivity contribution in [3.8, 4) is 11.5 Å². The molecule has 122 valence electrons. The van der Waals surface area contributed by atoms with Crippen LogP contribution in [0.15, 0.2) is 48.5 Å². The first-order chi connectivity index (χ1) is 11.3. The minimum atomic E-state index is 0.0547. The molecule has 3 rings (SSSR count). The smallest absolute Gasteiger partial charge is 0.165 e. The quantitative estimate of drug-likeness (QED) is 0.839. The second kappa shape index (κ2) is 7.05. The normalized spacial score (nSPS) is 15.7. The lowest BCUT2D eigenvalue weighted by Crippen LogP contribution is -2.41. The van der Waals surface area contributed by atoms with Gasteiger partial charge >= 0.3 is 0 Å². The summed E-state index contributed by atoms with van der Waals surface area (Å²) in [5.74, 6) is 1.68. The van der Waals surface area contributed by atoms with Crippen molar-refractivity contribution in [3.05, 3.63) is 59.7 Å². The molecule has 0 radical (unpaired) electrons. The molecule has 2 aromatic rings. The van der Waals surface area contributed by atoms with Gasteiger partial charge in [0.05, 0.1) is 6.61 Å². The monoisotopic (exact) mass is 311 g/mol. The number of rotatable bonds is 7. The van der Waals surface area contributed by atoms with E-state index in [1.807, 2.05) is 37.3 Å². The SMILES string of the molecule is CCOc1cccc(C2(CN)CCC2)c1OCc1ccccc1. The molecular weight excluding hydrogens is 286 g/mol. The standard InChI is InChI=1S/C20H25NO2/c1-2-22-18-11-6-10-17(20(15-21)12-7-13-20)19(18)23-14-16-8-4-3-5-9-16/h3-6,8-11H,2,7,12-15,21H2,1H3. The van der Waals surface area contributed by atoms with Gasteiger partial charge in [-0.05, 0) is 31.4 Å². The lowest BCUT2D eigenvalue weighted by molar-refractivity contribution is 0.222. The fourth-order valence-electron chi connectivity index (χ4n) is 3.27. The highest BCUT2D eigenvalue weighted by molar-refractivity contribution is 5.51. The van der Waals surface area contributed by atoms with Crippen molar-refractivity contribution >= 4 is 0 Å². The first kappa shape index (κ1) is 15.9. The summed E-state index contributed by atoms with van der Waals surface area (Å²) in [6.45, 7) is 3.82. The van der Waals surface area contributed by atoms with Gasteiger partial charge in [-0.3, -0.25) is 0 Å². The third kappa shape index (κ3) is 3.20. The largest absolute Gasteiger partial charge is 0.490 e. The first-order valence-corrected chi connectivity index (χ1v) is 8.42. The van der Waals surface area contributed by atoms with E-state index < -0.39 is 0 Å². The number of benzene rings is 2. The molecule has 1 fully saturated rings. The van der Waals surface area contributed by atoms with Crippen molar-refractivity contribution in [2.75, 3.05) is 13.2 Å². The summed E-state index contributed by atoms with van der Waals surface area (Å²) in [5.41, 5.74) is 8.51. The Balaban J connectivity index is 1.91. The molecule has 1 aliphatic rings. The van der Waals surface area contributed by atoms with E-state index in [0.29, 0.717) is 19.8 Å². The Morgan fingerprint density at radius 2 is 1.78 bits per heavy atom. The Kier molecular flexibility index (Phi) is 4.87. The second-order valence-corrected chi connectivity index (χ2v) is 6.18. The predicted octanol–water partition coefficient (Wildman–Crippen LogP) is 4.04. The van der Waals surface area contributed by atoms with Crippen molar-refractivity contribution in [2.45, 2.75) is 38.2 Å². The lowest BCUT2D eigenvalue weighted by Gasteiger charge is -2.42. The van der Waals surface area contributed by atoms with Crippen LogP contribution in [-0.2, 0) is 12.0 Å². The number of ether oxygens (including phenoxy) is 2. The van der Waals surface area contributed by atoms with Crippen molar-refractivity contribution in [2.24, 2.45) is 5.73 Å². The summed E-state index contributed by atoms with van der Waals surface area (Å²) in [6, 6.07) is 16.4. The van der Waals surface area contributed by atoms with Gasteiger partial charge in [-0.1, -0.05) is 48.9 Å². The Labute approximate surface area is 138 Å². The molecule has 2 N–H and O–H groups in total. The third-order valence-electron chi connectivity index (χ3n) is 4.78. The average Bonchev–Trinajstić information content (AvgIpc) is 2.55. The summed E-state index contributed by atoms with van der Waals surface area (Å²) in [6.07, 6.45) is 3.48. The molecule has 3 nitrogen and oxygen atoms in total. The summed E-state index contributed by atoms with van der Waals surface area (Å²) < 4.78 is 12.0. The van der Waals surface area contributed by atoms with E-state index in [-0.39, 0.29) is 5.41 Å². The zero-order valence-electron chi connectivity index (χ0n) is 13.8. The van der Waals surface area contributed by atoms with Gasteiger partial charge in [0.2, 0.25) is 0 Å². The number of para-hydroxylation sites is 1. The van der Waals surface area contributed by atoms with Gasteiger partial charge < -0.3 is 15.2 Å². The molecule has 1 aliphatic carbocycles. The first-order valence-electron chi connectivity index (χ1n) is 8.42. The molecular formula is C20H25NO2. The van der Waals surface area contributed by atoms with E-state index in [1.165, 1.54) is 12.0 Å². The van der Waals surface area contributed by atoms with Crippen LogP contribution < -0.4 is 15.2 Å². The maximum Gasteiger partial charge on any atom is 0.165 e. The van der Waals surface area contributed by atoms with Crippen LogP contribution >= 0.6 is 0 Å². The highest BCUT2D eigenvalue weighted by atomic mass is 16.5. The number of hydrogen-bond acceptors (Lipinski definition) is 3. The van der Waals surface area contributed by atoms with Crippen LogP contribution in [0, 0.1) is 0 Å². The number of hydrogen-bond donors (Lipinski definition) is 1. The van der Waals surface area contributed by atoms with Crippen LogP contribution in [0.1, 0.15) is 37.3 Å². The molecule has 0 aromatic heterocycles. The molecule has 2 aromatic carbocycles. The van der Waals surface area contributed by atoms with Gasteiger partial charge in [0.25, 0.3) is 0 Å². The molecule has 0 heterocycles. The second-order valence-electron chi connectivity index (χ2n) is 6.18. The van der Waals surface area contributed by atoms with Crippen LogP contribution in [0.4, 0.5) is 0 Å². The van der Waals surface area contributed by atoms with Crippen LogP contribution in [0.3, 0.4) is 0 Å². The molecule has 0 amide bonds. The molecule has 0 atom stereocenters. The van der Waals surface area contributed by atoms with Crippen molar-refractivity contribution in [3.63, 3.8) is 0 Å². The van der Waals surface area contributed by atoms with Gasteiger partial charge in [0.1, 0.15) is 6.61 Å². The topological polar surface area (TPSA) is 44.5 Å². The van der Waals surface area contributed by atoms with E-state index in [9.17, 15) is 0 Å². The van der Waals surface area contributed by atoms with Crippen LogP contribution in [0.2, 0.25) is 0 Å². The Bertz CT molecular complexity index is 630. The highest BCUT2D eigenvalue weighted by Crippen LogP contribution is 2.49. The van der Waals surface area contributed by atoms with Gasteiger partial charge in [-0.15, -0.1) is 0 Å². The molecule has 0 bridgehead atoms. The average molecular weight is 311 g/mol. The zero-order valence-corrected chi connectivity index (χ0v) is 13.8. The minimum absolute atomic E-state index is 0.0547. The molecule has 0 saturated heterocycles. The van der Waals surface area contributed by atoms with Crippen molar-refractivity contribution in [1.82, 2.24) is 0 Å². The molecule has 0 spiro atoms. The molecule has 1 saturated carbocycles. The van der Waals surface area contributed by atoms with Crippen LogP contribution in [0.5, 0.6) is 11.5 Å². The Morgan fingerprint density at radius 1 is 1.00 bits per heavy atom. The van der Waals surface area contributed by atoms with Crippen molar-refractivity contribution < 1.29 is 9.47 Å². The fourth-order valence-corrected chi connectivity index (χ4v) is 3.27. The maximum atomic E-state index is 6.21. The third-order valence-corrected chi connectivity index (χ3v) is 4.78. The lowest BCUT2D eigenvalue weighted by atomic mass is 9.64. The highest BCUT2D eigenvalue weighted by Gasteiger charge is 2.40. The summed E-state index contributed by atoms with van der Waals surface area (Å²) >= 11 is 0. The van der Waals surface area contributed by atoms with Crippen LogP contribution in [-0.4, -0.2) is 13.2 Å². The molecule has 3 heteroatoms. The molecule has 0 aliphatic heterocycles. The molecule has 0 unspecified atom stereocenters. The summed E-state index contributed by atoms with van der Waals surface area (Å²) in [4.78, 5) is 0. The van der Waals surface area contributed by atoms with Gasteiger partial charge in [0, 0.05) is 17.5 Å². The van der Waals surface area contributed by atoms with E-state index in [1.54, 1.807) is 0 Å². The summed E-state index contributed by atoms with van der Waals surface area (Å²) in [7, 11) is 0. The van der Waals surface area contributed by atoms with Gasteiger partial charge in [0.15, 0.2) is 11.5 Å². The minimum Gasteiger partial charge on any atom is -0.490 e. The maximum absolute atomic E-state index is 6.21. The van der Waals surface area contributed by atoms with Crippen molar-refractivity contribution in [1.29, 1.82) is 0 Å².